The van der Waals surface area contributed by atoms with E-state index >= 15 is 0 Å². The molecule has 0 bridgehead atoms. The molecule has 0 aliphatic rings. The normalized spacial score (nSPS) is 12.9. The van der Waals surface area contributed by atoms with Crippen LogP contribution >= 0.6 is 11.8 Å². The number of pyridine rings is 1. The molecule has 2 nitrogen and oxygen atoms in total. The molecule has 0 spiro atoms. The van der Waals surface area contributed by atoms with Crippen molar-refractivity contribution in [2.45, 2.75) is 24.4 Å². The third kappa shape index (κ3) is 2.22. The standard InChI is InChI=1S/C9H14N2S/c1-3-8(10)7-4-5-9(12-2)11-6-7/h4-6,8H,3,10H2,1-2H3/t8-/m0/s1. The molecule has 0 aromatic carbocycles. The quantitative estimate of drug-likeness (QED) is 0.728. The van der Waals surface area contributed by atoms with E-state index in [9.17, 15) is 0 Å². The van der Waals surface area contributed by atoms with Gasteiger partial charge in [-0.25, -0.2) is 4.98 Å². The van der Waals surface area contributed by atoms with E-state index < -0.39 is 0 Å². The van der Waals surface area contributed by atoms with Crippen molar-refractivity contribution >= 4 is 11.8 Å². The van der Waals surface area contributed by atoms with Crippen molar-refractivity contribution in [2.75, 3.05) is 6.26 Å². The first-order valence-electron chi connectivity index (χ1n) is 4.03. The minimum Gasteiger partial charge on any atom is -0.324 e. The van der Waals surface area contributed by atoms with E-state index in [1.54, 1.807) is 11.8 Å². The number of aromatic nitrogens is 1. The van der Waals surface area contributed by atoms with Crippen LogP contribution in [0.2, 0.25) is 0 Å². The maximum Gasteiger partial charge on any atom is 0.0957 e. The van der Waals surface area contributed by atoms with Crippen molar-refractivity contribution in [3.63, 3.8) is 0 Å². The smallest absolute Gasteiger partial charge is 0.0957 e. The topological polar surface area (TPSA) is 38.9 Å². The van der Waals surface area contributed by atoms with E-state index in [0.717, 1.165) is 17.0 Å². The van der Waals surface area contributed by atoms with Gasteiger partial charge in [0.05, 0.1) is 5.03 Å². The van der Waals surface area contributed by atoms with Crippen LogP contribution < -0.4 is 5.73 Å². The maximum atomic E-state index is 5.84. The average molecular weight is 182 g/mol. The molecule has 3 heteroatoms. The lowest BCUT2D eigenvalue weighted by Crippen LogP contribution is -2.08. The van der Waals surface area contributed by atoms with Crippen LogP contribution in [0.25, 0.3) is 0 Å². The molecule has 2 N–H and O–H groups in total. The summed E-state index contributed by atoms with van der Waals surface area (Å²) in [6, 6.07) is 4.19. The van der Waals surface area contributed by atoms with Gasteiger partial charge in [0.1, 0.15) is 0 Å². The SMILES string of the molecule is CC[C@H](N)c1ccc(SC)nc1. The second-order valence-electron chi connectivity index (χ2n) is 2.65. The Kier molecular flexibility index (Phi) is 3.56. The molecule has 0 aliphatic carbocycles. The molecule has 0 amide bonds. The Morgan fingerprint density at radius 2 is 2.33 bits per heavy atom. The zero-order chi connectivity index (χ0) is 8.97. The Balaban J connectivity index is 2.77. The molecule has 1 heterocycles. The molecule has 0 saturated heterocycles. The van der Waals surface area contributed by atoms with Gasteiger partial charge in [-0.15, -0.1) is 11.8 Å². The number of nitrogens with two attached hydrogens (primary N) is 1. The molecule has 0 saturated carbocycles. The van der Waals surface area contributed by atoms with Gasteiger partial charge in [0.2, 0.25) is 0 Å². The molecule has 0 fully saturated rings. The Morgan fingerprint density at radius 3 is 2.75 bits per heavy atom. The van der Waals surface area contributed by atoms with Gasteiger partial charge < -0.3 is 5.73 Å². The van der Waals surface area contributed by atoms with Gasteiger partial charge >= 0.3 is 0 Å². The third-order valence-corrected chi connectivity index (χ3v) is 2.50. The summed E-state index contributed by atoms with van der Waals surface area (Å²) in [6.07, 6.45) is 4.84. The van der Waals surface area contributed by atoms with E-state index in [4.69, 9.17) is 5.73 Å². The van der Waals surface area contributed by atoms with Gasteiger partial charge in [0.15, 0.2) is 0 Å². The van der Waals surface area contributed by atoms with E-state index in [0.29, 0.717) is 0 Å². The lowest BCUT2D eigenvalue weighted by Gasteiger charge is -2.07. The van der Waals surface area contributed by atoms with Gasteiger partial charge in [0.25, 0.3) is 0 Å². The lowest BCUT2D eigenvalue weighted by atomic mass is 10.1. The van der Waals surface area contributed by atoms with Crippen LogP contribution in [0.15, 0.2) is 23.4 Å². The molecule has 1 rings (SSSR count). The van der Waals surface area contributed by atoms with Crippen LogP contribution in [0.4, 0.5) is 0 Å². The summed E-state index contributed by atoms with van der Waals surface area (Å²) in [5.41, 5.74) is 6.96. The fraction of sp³-hybridized carbons (Fsp3) is 0.444. The van der Waals surface area contributed by atoms with Crippen molar-refractivity contribution < 1.29 is 0 Å². The van der Waals surface area contributed by atoms with Crippen molar-refractivity contribution in [1.82, 2.24) is 4.98 Å². The zero-order valence-corrected chi connectivity index (χ0v) is 8.27. The van der Waals surface area contributed by atoms with Crippen LogP contribution in [-0.4, -0.2) is 11.2 Å². The minimum absolute atomic E-state index is 0.133. The highest BCUT2D eigenvalue weighted by Gasteiger charge is 2.02. The van der Waals surface area contributed by atoms with Crippen molar-refractivity contribution in [1.29, 1.82) is 0 Å². The second kappa shape index (κ2) is 4.48. The summed E-state index contributed by atoms with van der Waals surface area (Å²) < 4.78 is 0. The van der Waals surface area contributed by atoms with Crippen LogP contribution in [0.1, 0.15) is 24.9 Å². The molecule has 12 heavy (non-hydrogen) atoms. The number of thioether (sulfide) groups is 1. The molecule has 0 unspecified atom stereocenters. The van der Waals surface area contributed by atoms with Gasteiger partial charge in [-0.2, -0.15) is 0 Å². The largest absolute Gasteiger partial charge is 0.324 e. The number of hydrogen-bond donors (Lipinski definition) is 1. The summed E-state index contributed by atoms with van der Waals surface area (Å²) in [7, 11) is 0. The van der Waals surface area contributed by atoms with Crippen LogP contribution in [0.5, 0.6) is 0 Å². The third-order valence-electron chi connectivity index (χ3n) is 1.84. The van der Waals surface area contributed by atoms with E-state index in [1.165, 1.54) is 0 Å². The summed E-state index contributed by atoms with van der Waals surface area (Å²) in [4.78, 5) is 4.25. The first-order valence-corrected chi connectivity index (χ1v) is 5.26. The molecule has 66 valence electrons. The Labute approximate surface area is 77.6 Å². The van der Waals surface area contributed by atoms with Crippen molar-refractivity contribution in [2.24, 2.45) is 5.73 Å². The molecule has 1 aromatic heterocycles. The van der Waals surface area contributed by atoms with E-state index in [-0.39, 0.29) is 6.04 Å². The minimum atomic E-state index is 0.133. The number of hydrogen-bond acceptors (Lipinski definition) is 3. The Bertz CT molecular complexity index is 233. The summed E-state index contributed by atoms with van der Waals surface area (Å²) in [5.74, 6) is 0. The molecular weight excluding hydrogens is 168 g/mol. The zero-order valence-electron chi connectivity index (χ0n) is 7.45. The van der Waals surface area contributed by atoms with Gasteiger partial charge in [-0.05, 0) is 24.3 Å². The van der Waals surface area contributed by atoms with Crippen molar-refractivity contribution in [3.8, 4) is 0 Å². The maximum absolute atomic E-state index is 5.84. The fourth-order valence-corrected chi connectivity index (χ4v) is 1.33. The molecule has 1 atom stereocenters. The van der Waals surface area contributed by atoms with E-state index in [2.05, 4.69) is 11.9 Å². The van der Waals surface area contributed by atoms with Crippen molar-refractivity contribution in [3.05, 3.63) is 23.9 Å². The highest BCUT2D eigenvalue weighted by atomic mass is 32.2. The molecular formula is C9H14N2S. The summed E-state index contributed by atoms with van der Waals surface area (Å²) in [5, 5.41) is 1.04. The van der Waals surface area contributed by atoms with Crippen LogP contribution in [0.3, 0.4) is 0 Å². The Morgan fingerprint density at radius 1 is 1.58 bits per heavy atom. The monoisotopic (exact) mass is 182 g/mol. The van der Waals surface area contributed by atoms with Crippen LogP contribution in [-0.2, 0) is 0 Å². The summed E-state index contributed by atoms with van der Waals surface area (Å²) in [6.45, 7) is 2.08. The molecule has 0 aliphatic heterocycles. The molecule has 1 aromatic rings. The fourth-order valence-electron chi connectivity index (χ4n) is 0.968. The number of rotatable bonds is 3. The average Bonchev–Trinajstić information content (AvgIpc) is 2.17. The molecule has 0 radical (unpaired) electrons. The summed E-state index contributed by atoms with van der Waals surface area (Å²) >= 11 is 1.64. The predicted molar refractivity (Wildman–Crippen MR) is 53.2 cm³/mol. The number of nitrogens with zero attached hydrogens (tertiary/aromatic N) is 1. The Hall–Kier alpha value is -0.540. The van der Waals surface area contributed by atoms with Gasteiger partial charge in [-0.1, -0.05) is 13.0 Å². The van der Waals surface area contributed by atoms with Crippen LogP contribution in [0, 0.1) is 0 Å². The van der Waals surface area contributed by atoms with E-state index in [1.807, 2.05) is 24.6 Å². The van der Waals surface area contributed by atoms with Gasteiger partial charge in [-0.3, -0.25) is 0 Å². The first-order chi connectivity index (χ1) is 5.77. The predicted octanol–water partition coefficient (Wildman–Crippen LogP) is 2.21. The lowest BCUT2D eigenvalue weighted by molar-refractivity contribution is 0.693. The highest BCUT2D eigenvalue weighted by molar-refractivity contribution is 7.98. The highest BCUT2D eigenvalue weighted by Crippen LogP contribution is 2.16. The first kappa shape index (κ1) is 9.55. The van der Waals surface area contributed by atoms with Gasteiger partial charge in [0, 0.05) is 12.2 Å². The second-order valence-corrected chi connectivity index (χ2v) is 3.48.